The number of carbonyl (C=O) groups excluding carboxylic acids is 5. The number of fused-ring (bicyclic) bond motifs is 3. The van der Waals surface area contributed by atoms with Crippen molar-refractivity contribution in [2.45, 2.75) is 168 Å². The molecule has 0 spiro atoms. The zero-order valence-electron chi connectivity index (χ0n) is 53.2. The molecule has 6 aromatic rings. The summed E-state index contributed by atoms with van der Waals surface area (Å²) in [5, 5.41) is 20.2. The second-order valence-corrected chi connectivity index (χ2v) is 28.2. The number of nitrogens with one attached hydrogen (secondary N) is 2. The molecule has 3 aromatic heterocycles. The number of hydrogen-bond donors (Lipinski definition) is 5. The molecule has 0 fully saturated rings. The Morgan fingerprint density at radius 2 is 0.886 bits per heavy atom. The number of nitrogens with zero attached hydrogens (tertiary/aromatic N) is 8. The molecule has 3 atom stereocenters. The van der Waals surface area contributed by atoms with E-state index in [-0.39, 0.29) is 87.1 Å². The second-order valence-electron chi connectivity index (χ2n) is 27.0. The van der Waals surface area contributed by atoms with Gasteiger partial charge in [-0.15, -0.1) is 0 Å². The first-order valence-corrected chi connectivity index (χ1v) is 29.1. The third-order valence-corrected chi connectivity index (χ3v) is 15.6. The minimum atomic E-state index is -0.685. The monoisotopic (exact) mass is 1280 g/mol. The van der Waals surface area contributed by atoms with Crippen LogP contribution in [0.25, 0.3) is 33.8 Å². The summed E-state index contributed by atoms with van der Waals surface area (Å²) < 4.78 is 57.6. The molecular formula is C63H85Cl3F3N13O6. The molecule has 25 heteroatoms. The van der Waals surface area contributed by atoms with Crippen LogP contribution in [0.2, 0.25) is 15.1 Å². The van der Waals surface area contributed by atoms with Gasteiger partial charge in [0, 0.05) is 49.8 Å². The summed E-state index contributed by atoms with van der Waals surface area (Å²) in [6.07, 6.45) is -0.476. The first kappa shape index (κ1) is 70.0. The van der Waals surface area contributed by atoms with Gasteiger partial charge in [0.25, 0.3) is 17.7 Å². The van der Waals surface area contributed by atoms with Crippen LogP contribution in [0.5, 0.6) is 0 Å². The van der Waals surface area contributed by atoms with Crippen molar-refractivity contribution in [2.24, 2.45) is 33.4 Å². The third-order valence-electron chi connectivity index (χ3n) is 14.8. The second kappa shape index (κ2) is 26.5. The topological polar surface area (TPSA) is 257 Å². The normalized spacial score (nSPS) is 16.7. The largest absolute Gasteiger partial charge is 0.444 e. The zero-order valence-corrected chi connectivity index (χ0v) is 54.5. The first-order chi connectivity index (χ1) is 40.6. The zero-order chi connectivity index (χ0) is 66.2. The molecule has 88 heavy (non-hydrogen) atoms. The number of urea groups is 1. The van der Waals surface area contributed by atoms with Crippen LogP contribution in [0.15, 0.2) is 54.6 Å². The van der Waals surface area contributed by atoms with E-state index < -0.39 is 52.4 Å². The molecule has 8 N–H and O–H groups in total. The maximum Gasteiger partial charge on any atom is 0.410 e. The van der Waals surface area contributed by atoms with E-state index in [1.165, 1.54) is 55.9 Å². The predicted octanol–water partition coefficient (Wildman–Crippen LogP) is 13.5. The van der Waals surface area contributed by atoms with Gasteiger partial charge in [-0.3, -0.25) is 28.4 Å². The lowest BCUT2D eigenvalue weighted by Crippen LogP contribution is -2.53. The van der Waals surface area contributed by atoms with Gasteiger partial charge < -0.3 is 42.4 Å². The maximum absolute atomic E-state index is 13.7. The van der Waals surface area contributed by atoms with Gasteiger partial charge in [-0.1, -0.05) is 112 Å². The Bertz CT molecular complexity index is 3460. The summed E-state index contributed by atoms with van der Waals surface area (Å²) in [4.78, 5) is 66.0. The van der Waals surface area contributed by atoms with E-state index in [0.717, 1.165) is 12.2 Å². The van der Waals surface area contributed by atoms with Gasteiger partial charge in [0.1, 0.15) is 40.1 Å². The fraction of sp³-hybridized carbons (Fsp3) is 0.492. The van der Waals surface area contributed by atoms with E-state index in [4.69, 9.17) is 63.2 Å². The van der Waals surface area contributed by atoms with Crippen LogP contribution in [0.1, 0.15) is 186 Å². The molecule has 6 amide bonds. The highest BCUT2D eigenvalue weighted by Gasteiger charge is 2.43. The van der Waals surface area contributed by atoms with Crippen molar-refractivity contribution in [1.29, 1.82) is 0 Å². The van der Waals surface area contributed by atoms with Crippen molar-refractivity contribution in [3.05, 3.63) is 121 Å². The van der Waals surface area contributed by atoms with Gasteiger partial charge in [-0.05, 0) is 112 Å². The van der Waals surface area contributed by atoms with Gasteiger partial charge >= 0.3 is 12.1 Å². The average molecular weight is 1280 g/mol. The number of aromatic nitrogens is 6. The Morgan fingerprint density at radius 3 is 1.20 bits per heavy atom. The van der Waals surface area contributed by atoms with Crippen LogP contribution in [0.4, 0.5) is 22.8 Å². The lowest BCUT2D eigenvalue weighted by Gasteiger charge is -2.41. The molecule has 0 radical (unpaired) electrons. The Labute approximate surface area is 530 Å². The molecule has 0 saturated carbocycles. The van der Waals surface area contributed by atoms with Crippen molar-refractivity contribution in [2.75, 3.05) is 19.6 Å². The van der Waals surface area contributed by atoms with Gasteiger partial charge in [0.2, 0.25) is 0 Å². The molecule has 3 aliphatic heterocycles. The molecule has 19 nitrogen and oxygen atoms in total. The number of amides is 6. The number of hydrogen-bond acceptors (Lipinski definition) is 10. The van der Waals surface area contributed by atoms with Crippen LogP contribution in [0, 0.1) is 33.7 Å². The molecule has 480 valence electrons. The Morgan fingerprint density at radius 1 is 0.557 bits per heavy atom. The van der Waals surface area contributed by atoms with Crippen LogP contribution < -0.4 is 27.8 Å². The van der Waals surface area contributed by atoms with Crippen molar-refractivity contribution in [1.82, 2.24) is 49.8 Å². The van der Waals surface area contributed by atoms with Crippen LogP contribution in [-0.2, 0) is 24.4 Å². The summed E-state index contributed by atoms with van der Waals surface area (Å²) in [5.41, 5.74) is 20.6. The molecule has 9 rings (SSSR count). The number of primary amides is 3. The molecule has 0 aliphatic carbocycles. The molecule has 6 heterocycles. The van der Waals surface area contributed by atoms with Gasteiger partial charge in [0.15, 0.2) is 0 Å². The fourth-order valence-electron chi connectivity index (χ4n) is 10.4. The van der Waals surface area contributed by atoms with Crippen LogP contribution in [-0.4, -0.2) is 99.8 Å². The number of carbonyl (C=O) groups is 5. The van der Waals surface area contributed by atoms with E-state index >= 15 is 0 Å². The summed E-state index contributed by atoms with van der Waals surface area (Å²) >= 11 is 17.8. The number of benzene rings is 3. The minimum Gasteiger partial charge on any atom is -0.444 e. The van der Waals surface area contributed by atoms with E-state index in [1.54, 1.807) is 46.0 Å². The Kier molecular flexibility index (Phi) is 21.1. The van der Waals surface area contributed by atoms with Gasteiger partial charge in [0.05, 0.1) is 80.1 Å². The molecule has 0 saturated heterocycles. The highest BCUT2D eigenvalue weighted by Crippen LogP contribution is 2.43. The standard InChI is InChI=1S/C22H29ClFN5O2.C22H28ClFN4O3.C17H20ClFN4O.2CH4/c1-21(2,3)16-11-28(20(31)26-22(4,5)6)10-15-17(19(25)30)18(27-29(15)16)12-7-8-14(24)13(23)9-12;1-21(2,3)16-11-27(20(30)31-22(4,5)6)10-15-17(19(25)29)18(26-28(15)16)12-7-8-14(24)13(23)9-12;1-17(2,3)13-8-21-7-12-14(16(20)24)15(22-23(12)13)9-4-5-11(19)10(18)6-9;;/h7-9,16H,10-11H2,1-6H3,(H2,25,30)(H,26,31);7-9,16H,10-11H2,1-6H3,(H2,25,29);4-6,13,21H,7-8H2,1-3H3,(H2,20,24);2*1H4/i;;;1D;. The third kappa shape index (κ3) is 15.8. The first-order valence-electron chi connectivity index (χ1n) is 28.9. The van der Waals surface area contributed by atoms with Crippen molar-refractivity contribution < 1.29 is 43.3 Å². The van der Waals surface area contributed by atoms with Crippen molar-refractivity contribution in [3.63, 3.8) is 0 Å². The van der Waals surface area contributed by atoms with E-state index in [2.05, 4.69) is 41.6 Å². The van der Waals surface area contributed by atoms with Crippen LogP contribution in [0.3, 0.4) is 0 Å². The molecular weight excluding hydrogens is 1200 g/mol. The summed E-state index contributed by atoms with van der Waals surface area (Å²) in [6, 6.07) is 12.0. The number of ether oxygens (including phenoxy) is 1. The SMILES string of the molecule is C.CC(C)(C)C1CNCc2c(C(N)=O)c(-c3ccc(F)c(Cl)c3)nn21.CC(C)(C)NC(=O)N1Cc2c(C(N)=O)c(-c3ccc(F)c(Cl)c3)nn2C(C(C)(C)C)C1.CC(C)(C)OC(=O)N1Cc2c(C(N)=O)c(-c3ccc(F)c(Cl)c3)nn2C(C(C)(C)C)C1.[2H]C. The molecule has 3 unspecified atom stereocenters. The quantitative estimate of drug-likeness (QED) is 0.105. The van der Waals surface area contributed by atoms with Gasteiger partial charge in [-0.2, -0.15) is 15.3 Å². The summed E-state index contributed by atoms with van der Waals surface area (Å²) in [6.45, 7) is 32.0. The summed E-state index contributed by atoms with van der Waals surface area (Å²) in [7, 11) is 1.25. The van der Waals surface area contributed by atoms with Crippen LogP contribution >= 0.6 is 34.8 Å². The molecule has 0 bridgehead atoms. The average Bonchev–Trinajstić information content (AvgIpc) is 1.68. The fourth-order valence-corrected chi connectivity index (χ4v) is 11.0. The van der Waals surface area contributed by atoms with E-state index in [1.807, 2.05) is 67.0 Å². The highest BCUT2D eigenvalue weighted by atomic mass is 35.5. The summed E-state index contributed by atoms with van der Waals surface area (Å²) in [5.74, 6) is -3.55. The molecule has 3 aromatic carbocycles. The van der Waals surface area contributed by atoms with Crippen molar-refractivity contribution >= 4 is 64.6 Å². The Hall–Kier alpha value is -7.14. The highest BCUT2D eigenvalue weighted by molar-refractivity contribution is 6.31. The Balaban J connectivity index is 0.000000240. The number of halogens is 6. The molecule has 3 aliphatic rings. The lowest BCUT2D eigenvalue weighted by atomic mass is 9.85. The van der Waals surface area contributed by atoms with Crippen molar-refractivity contribution in [3.8, 4) is 33.8 Å². The smallest absolute Gasteiger partial charge is 0.410 e. The van der Waals surface area contributed by atoms with E-state index in [0.29, 0.717) is 70.4 Å². The minimum absolute atomic E-state index is 0. The number of rotatable bonds is 6. The maximum atomic E-state index is 13.7. The lowest BCUT2D eigenvalue weighted by molar-refractivity contribution is 0.00892. The number of nitrogens with two attached hydrogens (primary N) is 3. The van der Waals surface area contributed by atoms with Gasteiger partial charge in [-0.25, -0.2) is 22.8 Å². The van der Waals surface area contributed by atoms with E-state index in [9.17, 15) is 37.1 Å². The predicted molar refractivity (Wildman–Crippen MR) is 339 cm³/mol.